The highest BCUT2D eigenvalue weighted by molar-refractivity contribution is 9.10. The van der Waals surface area contributed by atoms with Gasteiger partial charge in [0.05, 0.1) is 5.56 Å². The highest BCUT2D eigenvalue weighted by Crippen LogP contribution is 2.16. The molecule has 1 atom stereocenters. The van der Waals surface area contributed by atoms with E-state index in [0.29, 0.717) is 18.4 Å². The van der Waals surface area contributed by atoms with Gasteiger partial charge in [0.15, 0.2) is 0 Å². The number of carbonyl (C=O) groups excluding carboxylic acids is 1. The monoisotopic (exact) mass is 313 g/mol. The van der Waals surface area contributed by atoms with E-state index >= 15 is 0 Å². The van der Waals surface area contributed by atoms with E-state index in [9.17, 15) is 9.59 Å². The number of hydrogen-bond acceptors (Lipinski definition) is 2. The standard InChI is InChI=1S/C13H16BrNO3/c1-9(5-4-8-12(16)17)15-13(18)10-6-2-3-7-11(10)14/h2-3,6-7,9H,4-5,8H2,1H3,(H,15,18)(H,16,17). The SMILES string of the molecule is CC(CCCC(=O)O)NC(=O)c1ccccc1Br. The summed E-state index contributed by atoms with van der Waals surface area (Å²) in [7, 11) is 0. The number of carbonyl (C=O) groups is 2. The Hall–Kier alpha value is -1.36. The highest BCUT2D eigenvalue weighted by atomic mass is 79.9. The van der Waals surface area contributed by atoms with Crippen molar-refractivity contribution in [1.29, 1.82) is 0 Å². The van der Waals surface area contributed by atoms with Crippen molar-refractivity contribution in [3.63, 3.8) is 0 Å². The minimum absolute atomic E-state index is 0.0380. The van der Waals surface area contributed by atoms with Crippen LogP contribution < -0.4 is 5.32 Å². The normalized spacial score (nSPS) is 11.9. The fraction of sp³-hybridized carbons (Fsp3) is 0.385. The summed E-state index contributed by atoms with van der Waals surface area (Å²) in [6.07, 6.45) is 1.35. The largest absolute Gasteiger partial charge is 0.481 e. The molecule has 0 aliphatic heterocycles. The van der Waals surface area contributed by atoms with Crippen LogP contribution in [0.5, 0.6) is 0 Å². The third-order valence-corrected chi connectivity index (χ3v) is 3.22. The second-order valence-electron chi connectivity index (χ2n) is 4.14. The molecule has 1 rings (SSSR count). The zero-order valence-electron chi connectivity index (χ0n) is 10.1. The van der Waals surface area contributed by atoms with Crippen molar-refractivity contribution >= 4 is 27.8 Å². The van der Waals surface area contributed by atoms with Crippen LogP contribution in [0.1, 0.15) is 36.5 Å². The molecule has 1 unspecified atom stereocenters. The molecule has 0 aliphatic rings. The average molecular weight is 314 g/mol. The molecule has 0 aromatic heterocycles. The molecular formula is C13H16BrNO3. The van der Waals surface area contributed by atoms with Gasteiger partial charge in [-0.3, -0.25) is 9.59 Å². The van der Waals surface area contributed by atoms with Crippen LogP contribution >= 0.6 is 15.9 Å². The summed E-state index contributed by atoms with van der Waals surface area (Å²) < 4.78 is 0.750. The van der Waals surface area contributed by atoms with Crippen molar-refractivity contribution in [3.05, 3.63) is 34.3 Å². The Morgan fingerprint density at radius 1 is 1.39 bits per heavy atom. The van der Waals surface area contributed by atoms with E-state index in [1.54, 1.807) is 12.1 Å². The summed E-state index contributed by atoms with van der Waals surface area (Å²) in [6.45, 7) is 1.87. The van der Waals surface area contributed by atoms with Gasteiger partial charge in [-0.1, -0.05) is 12.1 Å². The molecule has 0 radical (unpaired) electrons. The fourth-order valence-corrected chi connectivity index (χ4v) is 2.04. The Labute approximate surface area is 115 Å². The lowest BCUT2D eigenvalue weighted by Crippen LogP contribution is -2.32. The van der Waals surface area contributed by atoms with Crippen LogP contribution in [0.2, 0.25) is 0 Å². The molecule has 0 fully saturated rings. The number of amides is 1. The molecule has 0 bridgehead atoms. The Morgan fingerprint density at radius 3 is 2.67 bits per heavy atom. The summed E-state index contributed by atoms with van der Waals surface area (Å²) in [6, 6.07) is 7.16. The number of halogens is 1. The topological polar surface area (TPSA) is 66.4 Å². The van der Waals surface area contributed by atoms with Crippen LogP contribution in [-0.4, -0.2) is 23.0 Å². The van der Waals surface area contributed by atoms with Crippen molar-refractivity contribution in [2.24, 2.45) is 0 Å². The lowest BCUT2D eigenvalue weighted by atomic mass is 10.1. The summed E-state index contributed by atoms with van der Waals surface area (Å²) in [5, 5.41) is 11.4. The van der Waals surface area contributed by atoms with E-state index in [4.69, 9.17) is 5.11 Å². The quantitative estimate of drug-likeness (QED) is 0.848. The van der Waals surface area contributed by atoms with Crippen LogP contribution in [0.3, 0.4) is 0 Å². The first kappa shape index (κ1) is 14.7. The highest BCUT2D eigenvalue weighted by Gasteiger charge is 2.12. The molecule has 0 spiro atoms. The number of hydrogen-bond donors (Lipinski definition) is 2. The van der Waals surface area contributed by atoms with E-state index < -0.39 is 5.97 Å². The molecular weight excluding hydrogens is 298 g/mol. The number of rotatable bonds is 6. The van der Waals surface area contributed by atoms with Gasteiger partial charge in [0.2, 0.25) is 0 Å². The summed E-state index contributed by atoms with van der Waals surface area (Å²) >= 11 is 3.32. The molecule has 4 nitrogen and oxygen atoms in total. The maximum Gasteiger partial charge on any atom is 0.303 e. The smallest absolute Gasteiger partial charge is 0.303 e. The number of carboxylic acid groups (broad SMARTS) is 1. The van der Waals surface area contributed by atoms with E-state index in [0.717, 1.165) is 4.47 Å². The molecule has 2 N–H and O–H groups in total. The average Bonchev–Trinajstić information content (AvgIpc) is 2.28. The molecule has 0 saturated heterocycles. The number of nitrogens with one attached hydrogen (secondary N) is 1. The zero-order valence-corrected chi connectivity index (χ0v) is 11.7. The zero-order chi connectivity index (χ0) is 13.5. The minimum Gasteiger partial charge on any atom is -0.481 e. The molecule has 18 heavy (non-hydrogen) atoms. The first-order valence-electron chi connectivity index (χ1n) is 5.78. The minimum atomic E-state index is -0.806. The van der Waals surface area contributed by atoms with Crippen LogP contribution in [0.4, 0.5) is 0 Å². The van der Waals surface area contributed by atoms with E-state index in [1.807, 2.05) is 19.1 Å². The van der Waals surface area contributed by atoms with Crippen LogP contribution in [-0.2, 0) is 4.79 Å². The summed E-state index contributed by atoms with van der Waals surface area (Å²) in [5.41, 5.74) is 0.586. The summed E-state index contributed by atoms with van der Waals surface area (Å²) in [4.78, 5) is 22.3. The van der Waals surface area contributed by atoms with E-state index in [-0.39, 0.29) is 18.4 Å². The number of carboxylic acids is 1. The molecule has 5 heteroatoms. The van der Waals surface area contributed by atoms with Gasteiger partial charge in [-0.2, -0.15) is 0 Å². The van der Waals surface area contributed by atoms with Gasteiger partial charge in [-0.15, -0.1) is 0 Å². The van der Waals surface area contributed by atoms with Gasteiger partial charge < -0.3 is 10.4 Å². The first-order valence-corrected chi connectivity index (χ1v) is 6.57. The van der Waals surface area contributed by atoms with Gasteiger partial charge in [-0.25, -0.2) is 0 Å². The van der Waals surface area contributed by atoms with Crippen molar-refractivity contribution < 1.29 is 14.7 Å². The second kappa shape index (κ2) is 7.16. The maximum absolute atomic E-state index is 11.9. The van der Waals surface area contributed by atoms with Gasteiger partial charge in [0.1, 0.15) is 0 Å². The second-order valence-corrected chi connectivity index (χ2v) is 4.99. The van der Waals surface area contributed by atoms with Crippen LogP contribution in [0.25, 0.3) is 0 Å². The molecule has 1 amide bonds. The van der Waals surface area contributed by atoms with E-state index in [1.165, 1.54) is 0 Å². The van der Waals surface area contributed by atoms with Crippen LogP contribution in [0, 0.1) is 0 Å². The molecule has 98 valence electrons. The molecule has 0 aliphatic carbocycles. The predicted molar refractivity (Wildman–Crippen MR) is 72.6 cm³/mol. The van der Waals surface area contributed by atoms with E-state index in [2.05, 4.69) is 21.2 Å². The molecule has 0 heterocycles. The lowest BCUT2D eigenvalue weighted by Gasteiger charge is -2.13. The predicted octanol–water partition coefficient (Wildman–Crippen LogP) is 2.82. The molecule has 0 saturated carbocycles. The Kier molecular flexibility index (Phi) is 5.85. The third-order valence-electron chi connectivity index (χ3n) is 2.52. The fourth-order valence-electron chi connectivity index (χ4n) is 1.58. The lowest BCUT2D eigenvalue weighted by molar-refractivity contribution is -0.137. The summed E-state index contributed by atoms with van der Waals surface area (Å²) in [5.74, 6) is -0.954. The third kappa shape index (κ3) is 4.87. The Bertz CT molecular complexity index is 434. The number of aliphatic carboxylic acids is 1. The van der Waals surface area contributed by atoms with Gasteiger partial charge in [0, 0.05) is 16.9 Å². The van der Waals surface area contributed by atoms with Crippen molar-refractivity contribution in [2.75, 3.05) is 0 Å². The van der Waals surface area contributed by atoms with Crippen molar-refractivity contribution in [2.45, 2.75) is 32.2 Å². The Balaban J connectivity index is 2.45. The Morgan fingerprint density at radius 2 is 2.06 bits per heavy atom. The van der Waals surface area contributed by atoms with Gasteiger partial charge >= 0.3 is 5.97 Å². The van der Waals surface area contributed by atoms with Crippen molar-refractivity contribution in [1.82, 2.24) is 5.32 Å². The molecule has 1 aromatic rings. The molecule has 1 aromatic carbocycles. The maximum atomic E-state index is 11.9. The van der Waals surface area contributed by atoms with Gasteiger partial charge in [-0.05, 0) is 47.8 Å². The van der Waals surface area contributed by atoms with Gasteiger partial charge in [0.25, 0.3) is 5.91 Å². The van der Waals surface area contributed by atoms with Crippen molar-refractivity contribution in [3.8, 4) is 0 Å². The first-order chi connectivity index (χ1) is 8.50. The van der Waals surface area contributed by atoms with Crippen LogP contribution in [0.15, 0.2) is 28.7 Å². The number of benzene rings is 1.